The summed E-state index contributed by atoms with van der Waals surface area (Å²) in [5, 5.41) is 0. The summed E-state index contributed by atoms with van der Waals surface area (Å²) >= 11 is 0. The van der Waals surface area contributed by atoms with E-state index >= 15 is 0 Å². The average Bonchev–Trinajstić information content (AvgIpc) is 3.44. The molecule has 5 aliphatic rings. The predicted octanol–water partition coefficient (Wildman–Crippen LogP) is 3.33. The van der Waals surface area contributed by atoms with E-state index in [1.54, 1.807) is 0 Å². The molecule has 1 spiro atoms. The minimum atomic E-state index is -0.0265. The summed E-state index contributed by atoms with van der Waals surface area (Å²) in [4.78, 5) is 17.9. The number of ether oxygens (including phenoxy) is 2. The molecular formula is C25H34N2O3. The normalized spacial score (nSPS) is 45.3. The van der Waals surface area contributed by atoms with Gasteiger partial charge in [-0.05, 0) is 37.3 Å². The molecule has 7 atom stereocenters. The molecule has 0 N–H and O–H groups in total. The quantitative estimate of drug-likeness (QED) is 0.565. The number of benzene rings is 1. The Labute approximate surface area is 179 Å². The first-order valence-corrected chi connectivity index (χ1v) is 11.9. The Morgan fingerprint density at radius 1 is 1.13 bits per heavy atom. The molecule has 1 aromatic rings. The monoisotopic (exact) mass is 410 g/mol. The smallest absolute Gasteiger partial charge is 0.311 e. The van der Waals surface area contributed by atoms with E-state index in [1.165, 1.54) is 24.9 Å². The van der Waals surface area contributed by atoms with Crippen molar-refractivity contribution in [1.82, 2.24) is 4.90 Å². The predicted molar refractivity (Wildman–Crippen MR) is 115 cm³/mol. The van der Waals surface area contributed by atoms with Crippen molar-refractivity contribution in [2.45, 2.75) is 57.3 Å². The number of piperazine rings is 1. The van der Waals surface area contributed by atoms with E-state index in [0.29, 0.717) is 5.92 Å². The largest absolute Gasteiger partial charge is 0.462 e. The number of rotatable bonds is 3. The van der Waals surface area contributed by atoms with Crippen molar-refractivity contribution < 1.29 is 14.3 Å². The molecule has 2 saturated carbocycles. The molecule has 0 amide bonds. The van der Waals surface area contributed by atoms with Gasteiger partial charge in [-0.3, -0.25) is 9.69 Å². The van der Waals surface area contributed by atoms with E-state index in [-0.39, 0.29) is 41.0 Å². The average molecular weight is 411 g/mol. The van der Waals surface area contributed by atoms with E-state index in [0.717, 1.165) is 39.1 Å². The summed E-state index contributed by atoms with van der Waals surface area (Å²) in [6.07, 6.45) is 5.01. The van der Waals surface area contributed by atoms with Gasteiger partial charge in [-0.1, -0.05) is 38.5 Å². The number of para-hydroxylation sites is 1. The van der Waals surface area contributed by atoms with Crippen molar-refractivity contribution in [3.05, 3.63) is 30.3 Å². The zero-order valence-electron chi connectivity index (χ0n) is 18.3. The Balaban J connectivity index is 1.15. The van der Waals surface area contributed by atoms with Crippen LogP contribution in [0.3, 0.4) is 0 Å². The van der Waals surface area contributed by atoms with E-state index in [1.807, 2.05) is 0 Å². The van der Waals surface area contributed by atoms with Crippen molar-refractivity contribution in [1.29, 1.82) is 0 Å². The topological polar surface area (TPSA) is 45.3 Å². The third kappa shape index (κ3) is 2.64. The van der Waals surface area contributed by atoms with Crippen LogP contribution < -0.4 is 4.90 Å². The number of carbonyl (C=O) groups excluding carboxylic acids is 1. The van der Waals surface area contributed by atoms with Gasteiger partial charge in [0.15, 0.2) is 0 Å². The molecule has 2 aliphatic carbocycles. The molecule has 0 radical (unpaired) electrons. The highest BCUT2D eigenvalue weighted by molar-refractivity contribution is 5.76. The molecule has 0 unspecified atom stereocenters. The van der Waals surface area contributed by atoms with E-state index in [2.05, 4.69) is 54.0 Å². The van der Waals surface area contributed by atoms with Gasteiger partial charge in [0.25, 0.3) is 0 Å². The Morgan fingerprint density at radius 2 is 1.90 bits per heavy atom. The Morgan fingerprint density at radius 3 is 2.67 bits per heavy atom. The number of hydrogen-bond donors (Lipinski definition) is 0. The van der Waals surface area contributed by atoms with Gasteiger partial charge in [-0.25, -0.2) is 0 Å². The number of anilines is 1. The van der Waals surface area contributed by atoms with Crippen LogP contribution in [0.15, 0.2) is 30.3 Å². The van der Waals surface area contributed by atoms with Crippen molar-refractivity contribution in [3.63, 3.8) is 0 Å². The van der Waals surface area contributed by atoms with Gasteiger partial charge in [-0.2, -0.15) is 0 Å². The van der Waals surface area contributed by atoms with Gasteiger partial charge in [-0.15, -0.1) is 0 Å². The van der Waals surface area contributed by atoms with Crippen molar-refractivity contribution >= 4 is 11.7 Å². The van der Waals surface area contributed by atoms with Crippen LogP contribution in [0.1, 0.15) is 39.5 Å². The fourth-order valence-electron chi connectivity index (χ4n) is 7.55. The lowest BCUT2D eigenvalue weighted by Crippen LogP contribution is -2.55. The second-order valence-electron chi connectivity index (χ2n) is 10.7. The fraction of sp³-hybridized carbons (Fsp3) is 0.720. The molecule has 3 heterocycles. The second kappa shape index (κ2) is 6.70. The standard InChI is InChI=1S/C25H34N2O3/c1-17-7-6-10-24(2)15-20-21(22-25(17,24)30-22)19(23(28)29-20)16-26-11-13-27(14-12-26)18-8-4-3-5-9-18/h3-5,8-9,17,19-22H,6-7,10-16H2,1-2H3/t17-,19+,20-,21-,22+,24-,25+/m1/s1. The molecule has 3 aliphatic heterocycles. The summed E-state index contributed by atoms with van der Waals surface area (Å²) in [7, 11) is 0. The Bertz CT molecular complexity index is 823. The summed E-state index contributed by atoms with van der Waals surface area (Å²) in [6.45, 7) is 9.61. The number of esters is 1. The zero-order valence-corrected chi connectivity index (χ0v) is 18.3. The maximum Gasteiger partial charge on any atom is 0.311 e. The number of nitrogens with zero attached hydrogens (tertiary/aromatic N) is 2. The van der Waals surface area contributed by atoms with Crippen LogP contribution in [0.2, 0.25) is 0 Å². The van der Waals surface area contributed by atoms with Crippen LogP contribution in [0.25, 0.3) is 0 Å². The maximum atomic E-state index is 12.9. The first-order chi connectivity index (χ1) is 14.5. The lowest BCUT2D eigenvalue weighted by Gasteiger charge is -2.49. The van der Waals surface area contributed by atoms with Gasteiger partial charge in [0.2, 0.25) is 0 Å². The van der Waals surface area contributed by atoms with Crippen LogP contribution in [-0.4, -0.2) is 61.4 Å². The van der Waals surface area contributed by atoms with E-state index in [4.69, 9.17) is 9.47 Å². The van der Waals surface area contributed by atoms with Crippen LogP contribution in [0.4, 0.5) is 5.69 Å². The Kier molecular flexibility index (Phi) is 4.27. The molecular weight excluding hydrogens is 376 g/mol. The zero-order chi connectivity index (χ0) is 20.5. The van der Waals surface area contributed by atoms with Crippen molar-refractivity contribution in [2.75, 3.05) is 37.6 Å². The molecule has 162 valence electrons. The summed E-state index contributed by atoms with van der Waals surface area (Å²) in [5.41, 5.74) is 1.47. The minimum absolute atomic E-state index is 0.00462. The van der Waals surface area contributed by atoms with Gasteiger partial charge >= 0.3 is 5.97 Å². The molecule has 3 saturated heterocycles. The third-order valence-corrected chi connectivity index (χ3v) is 9.14. The SMILES string of the molecule is C[C@@H]1CCC[C@]2(C)C[C@H]3OC(=O)[C@@H](CN4CCN(c5ccccc5)CC4)[C@H]3[C@@H]3O[C@@]132. The molecule has 5 nitrogen and oxygen atoms in total. The van der Waals surface area contributed by atoms with Gasteiger partial charge < -0.3 is 14.4 Å². The van der Waals surface area contributed by atoms with Crippen LogP contribution >= 0.6 is 0 Å². The maximum absolute atomic E-state index is 12.9. The second-order valence-corrected chi connectivity index (χ2v) is 10.7. The molecule has 0 aromatic heterocycles. The molecule has 5 fully saturated rings. The summed E-state index contributed by atoms with van der Waals surface area (Å²) < 4.78 is 12.6. The third-order valence-electron chi connectivity index (χ3n) is 9.14. The van der Waals surface area contributed by atoms with Gasteiger partial charge in [0, 0.05) is 49.7 Å². The van der Waals surface area contributed by atoms with Crippen molar-refractivity contribution in [2.24, 2.45) is 23.2 Å². The molecule has 1 aromatic carbocycles. The van der Waals surface area contributed by atoms with Crippen LogP contribution in [-0.2, 0) is 14.3 Å². The van der Waals surface area contributed by atoms with E-state index in [9.17, 15) is 4.79 Å². The van der Waals surface area contributed by atoms with E-state index < -0.39 is 0 Å². The first-order valence-electron chi connectivity index (χ1n) is 11.9. The number of hydrogen-bond acceptors (Lipinski definition) is 5. The highest BCUT2D eigenvalue weighted by Gasteiger charge is 2.78. The Hall–Kier alpha value is -1.59. The van der Waals surface area contributed by atoms with Crippen LogP contribution in [0, 0.1) is 23.2 Å². The molecule has 0 bridgehead atoms. The van der Waals surface area contributed by atoms with Gasteiger partial charge in [0.05, 0.1) is 12.0 Å². The van der Waals surface area contributed by atoms with Crippen molar-refractivity contribution in [3.8, 4) is 0 Å². The molecule has 6 rings (SSSR count). The van der Waals surface area contributed by atoms with Crippen LogP contribution in [0.5, 0.6) is 0 Å². The number of carbonyl (C=O) groups is 1. The summed E-state index contributed by atoms with van der Waals surface area (Å²) in [6, 6.07) is 10.6. The first kappa shape index (κ1) is 19.1. The molecule has 5 heteroatoms. The lowest BCUT2D eigenvalue weighted by atomic mass is 9.53. The summed E-state index contributed by atoms with van der Waals surface area (Å²) in [5.74, 6) is 0.837. The number of epoxide rings is 1. The highest BCUT2D eigenvalue weighted by atomic mass is 16.6. The minimum Gasteiger partial charge on any atom is -0.462 e. The fourth-order valence-corrected chi connectivity index (χ4v) is 7.55. The van der Waals surface area contributed by atoms with Gasteiger partial charge in [0.1, 0.15) is 11.7 Å². The molecule has 30 heavy (non-hydrogen) atoms. The number of fused-ring (bicyclic) bond motifs is 2. The lowest BCUT2D eigenvalue weighted by molar-refractivity contribution is -0.146. The highest BCUT2D eigenvalue weighted by Crippen LogP contribution is 2.70.